The molecule has 2 aromatic rings. The van der Waals surface area contributed by atoms with Crippen molar-refractivity contribution in [1.29, 1.82) is 0 Å². The lowest BCUT2D eigenvalue weighted by molar-refractivity contribution is 0.0944. The third-order valence-electron chi connectivity index (χ3n) is 5.17. The highest BCUT2D eigenvalue weighted by molar-refractivity contribution is 6.06. The molecule has 0 aliphatic heterocycles. The molecule has 0 aromatic heterocycles. The first-order valence-corrected chi connectivity index (χ1v) is 8.22. The van der Waals surface area contributed by atoms with Crippen LogP contribution in [0.2, 0.25) is 0 Å². The maximum absolute atomic E-state index is 13.0. The summed E-state index contributed by atoms with van der Waals surface area (Å²) in [4.78, 5) is 13.0. The minimum atomic E-state index is 0.0464. The predicted octanol–water partition coefficient (Wildman–Crippen LogP) is 5.14. The average molecular weight is 288 g/mol. The molecule has 0 radical (unpaired) electrons. The first-order chi connectivity index (χ1) is 10.8. The highest BCUT2D eigenvalue weighted by atomic mass is 16.1. The second-order valence-corrected chi connectivity index (χ2v) is 6.41. The first-order valence-electron chi connectivity index (χ1n) is 8.22. The molecule has 2 aromatic carbocycles. The Morgan fingerprint density at radius 1 is 0.909 bits per heavy atom. The fraction of sp³-hybridized carbons (Fsp3) is 0.286. The van der Waals surface area contributed by atoms with Crippen molar-refractivity contribution in [3.63, 3.8) is 0 Å². The summed E-state index contributed by atoms with van der Waals surface area (Å²) >= 11 is 0. The molecule has 1 nitrogen and oxygen atoms in total. The van der Waals surface area contributed by atoms with Crippen LogP contribution in [-0.2, 0) is 0 Å². The zero-order chi connectivity index (χ0) is 14.9. The Morgan fingerprint density at radius 3 is 2.32 bits per heavy atom. The Kier molecular flexibility index (Phi) is 3.42. The van der Waals surface area contributed by atoms with Gasteiger partial charge in [-0.1, -0.05) is 66.2 Å². The third-order valence-corrected chi connectivity index (χ3v) is 5.17. The molecule has 0 spiro atoms. The van der Waals surface area contributed by atoms with Crippen molar-refractivity contribution >= 4 is 11.4 Å². The molecule has 0 saturated heterocycles. The summed E-state index contributed by atoms with van der Waals surface area (Å²) in [5.74, 6) is 0.972. The van der Waals surface area contributed by atoms with E-state index in [1.807, 2.05) is 36.4 Å². The van der Waals surface area contributed by atoms with Crippen molar-refractivity contribution in [2.75, 3.05) is 0 Å². The molecule has 1 saturated carbocycles. The van der Waals surface area contributed by atoms with E-state index in [0.29, 0.717) is 11.7 Å². The van der Waals surface area contributed by atoms with Crippen molar-refractivity contribution < 1.29 is 4.79 Å². The van der Waals surface area contributed by atoms with Crippen LogP contribution in [-0.4, -0.2) is 5.78 Å². The van der Waals surface area contributed by atoms with Crippen molar-refractivity contribution in [2.45, 2.75) is 25.7 Å². The summed E-state index contributed by atoms with van der Waals surface area (Å²) in [6.45, 7) is 0. The number of hydrogen-bond acceptors (Lipinski definition) is 1. The smallest absolute Gasteiger partial charge is 0.170 e. The molecule has 0 bridgehead atoms. The van der Waals surface area contributed by atoms with E-state index in [9.17, 15) is 4.79 Å². The van der Waals surface area contributed by atoms with Crippen molar-refractivity contribution in [3.05, 3.63) is 77.4 Å². The molecular weight excluding hydrogens is 268 g/mol. The van der Waals surface area contributed by atoms with Gasteiger partial charge >= 0.3 is 0 Å². The van der Waals surface area contributed by atoms with E-state index in [4.69, 9.17) is 0 Å². The molecule has 1 fully saturated rings. The fourth-order valence-electron chi connectivity index (χ4n) is 4.20. The van der Waals surface area contributed by atoms with E-state index >= 15 is 0 Å². The highest BCUT2D eigenvalue weighted by Crippen LogP contribution is 2.51. The van der Waals surface area contributed by atoms with Crippen LogP contribution in [0, 0.1) is 11.8 Å². The van der Waals surface area contributed by atoms with Gasteiger partial charge in [0.25, 0.3) is 0 Å². The Morgan fingerprint density at radius 2 is 1.59 bits per heavy atom. The quantitative estimate of drug-likeness (QED) is 0.714. The zero-order valence-electron chi connectivity index (χ0n) is 12.7. The summed E-state index contributed by atoms with van der Waals surface area (Å²) in [5, 5.41) is 0. The van der Waals surface area contributed by atoms with Crippen LogP contribution in [0.15, 0.2) is 66.2 Å². The van der Waals surface area contributed by atoms with Gasteiger partial charge in [-0.2, -0.15) is 0 Å². The number of allylic oxidation sites excluding steroid dienone is 2. The topological polar surface area (TPSA) is 17.1 Å². The van der Waals surface area contributed by atoms with Crippen molar-refractivity contribution in [3.8, 4) is 0 Å². The normalized spacial score (nSPS) is 23.6. The molecule has 2 aliphatic carbocycles. The summed E-state index contributed by atoms with van der Waals surface area (Å²) in [6, 6.07) is 20.3. The number of carbonyl (C=O) groups excluding carboxylic acids is 1. The molecule has 2 atom stereocenters. The lowest BCUT2D eigenvalue weighted by Gasteiger charge is -2.16. The number of Topliss-reactive ketones (excluding diaryl/α,β-unsaturated/α-hetero) is 1. The number of benzene rings is 2. The van der Waals surface area contributed by atoms with Gasteiger partial charge in [0.2, 0.25) is 0 Å². The number of fused-ring (bicyclic) bond motifs is 1. The van der Waals surface area contributed by atoms with E-state index in [0.717, 1.165) is 12.0 Å². The Balaban J connectivity index is 1.77. The van der Waals surface area contributed by atoms with Crippen molar-refractivity contribution in [1.82, 2.24) is 0 Å². The average Bonchev–Trinajstić information content (AvgIpc) is 3.16. The minimum absolute atomic E-state index is 0.0464. The molecular formula is C21H20O. The molecule has 110 valence electrons. The van der Waals surface area contributed by atoms with Gasteiger partial charge in [-0.3, -0.25) is 4.79 Å². The highest BCUT2D eigenvalue weighted by Gasteiger charge is 2.40. The van der Waals surface area contributed by atoms with Gasteiger partial charge in [-0.05, 0) is 42.7 Å². The third kappa shape index (κ3) is 2.21. The Labute approximate surface area is 131 Å². The van der Waals surface area contributed by atoms with Crippen LogP contribution in [0.5, 0.6) is 0 Å². The summed E-state index contributed by atoms with van der Waals surface area (Å²) in [6.07, 6.45) is 4.72. The van der Waals surface area contributed by atoms with Gasteiger partial charge in [-0.15, -0.1) is 0 Å². The van der Waals surface area contributed by atoms with Gasteiger partial charge in [-0.25, -0.2) is 0 Å². The van der Waals surface area contributed by atoms with E-state index in [1.54, 1.807) is 5.57 Å². The molecule has 2 aliphatic rings. The number of carbonyl (C=O) groups is 1. The van der Waals surface area contributed by atoms with Crippen LogP contribution in [0.3, 0.4) is 0 Å². The van der Waals surface area contributed by atoms with E-state index in [2.05, 4.69) is 24.3 Å². The summed E-state index contributed by atoms with van der Waals surface area (Å²) in [7, 11) is 0. The monoisotopic (exact) mass is 288 g/mol. The van der Waals surface area contributed by atoms with Gasteiger partial charge in [0.15, 0.2) is 5.78 Å². The standard InChI is InChI=1S/C21H20O/c22-21(16-10-5-2-6-11-16)19-14-17-12-7-13-18(17)20(19)15-8-3-1-4-9-15/h1-6,8-11,17,19H,7,12-14H2/t17-,19+/m1/s1. The maximum atomic E-state index is 13.0. The fourth-order valence-corrected chi connectivity index (χ4v) is 4.20. The predicted molar refractivity (Wildman–Crippen MR) is 89.6 cm³/mol. The molecule has 0 amide bonds. The molecule has 1 heteroatoms. The van der Waals surface area contributed by atoms with Gasteiger partial charge in [0.1, 0.15) is 0 Å². The second kappa shape index (κ2) is 5.57. The molecule has 0 heterocycles. The van der Waals surface area contributed by atoms with E-state index < -0.39 is 0 Å². The van der Waals surface area contributed by atoms with E-state index in [-0.39, 0.29) is 5.92 Å². The molecule has 22 heavy (non-hydrogen) atoms. The van der Waals surface area contributed by atoms with Crippen LogP contribution in [0.4, 0.5) is 0 Å². The maximum Gasteiger partial charge on any atom is 0.170 e. The first kappa shape index (κ1) is 13.5. The molecule has 0 unspecified atom stereocenters. The largest absolute Gasteiger partial charge is 0.293 e. The van der Waals surface area contributed by atoms with Gasteiger partial charge < -0.3 is 0 Å². The number of hydrogen-bond donors (Lipinski definition) is 0. The summed E-state index contributed by atoms with van der Waals surface area (Å²) < 4.78 is 0. The van der Waals surface area contributed by atoms with Crippen LogP contribution >= 0.6 is 0 Å². The summed E-state index contributed by atoms with van der Waals surface area (Å²) in [5.41, 5.74) is 4.98. The Bertz CT molecular complexity index is 712. The minimum Gasteiger partial charge on any atom is -0.293 e. The number of ketones is 1. The number of rotatable bonds is 3. The van der Waals surface area contributed by atoms with Crippen LogP contribution < -0.4 is 0 Å². The van der Waals surface area contributed by atoms with Crippen molar-refractivity contribution in [2.24, 2.45) is 11.8 Å². The SMILES string of the molecule is O=C(c1ccccc1)[C@H]1C[C@H]2CCCC2=C1c1ccccc1. The van der Waals surface area contributed by atoms with E-state index in [1.165, 1.54) is 30.4 Å². The lowest BCUT2D eigenvalue weighted by atomic mass is 9.86. The Hall–Kier alpha value is -2.15. The second-order valence-electron chi connectivity index (χ2n) is 6.41. The lowest BCUT2D eigenvalue weighted by Crippen LogP contribution is -2.15. The zero-order valence-corrected chi connectivity index (χ0v) is 12.7. The van der Waals surface area contributed by atoms with Gasteiger partial charge in [0, 0.05) is 11.5 Å². The van der Waals surface area contributed by atoms with Crippen LogP contribution in [0.25, 0.3) is 5.57 Å². The molecule has 0 N–H and O–H groups in total. The molecule has 4 rings (SSSR count). The van der Waals surface area contributed by atoms with Gasteiger partial charge in [0.05, 0.1) is 0 Å². The van der Waals surface area contributed by atoms with Crippen LogP contribution in [0.1, 0.15) is 41.6 Å².